The molecule has 2 aromatic rings. The van der Waals surface area contributed by atoms with Crippen LogP contribution in [-0.2, 0) is 0 Å². The van der Waals surface area contributed by atoms with E-state index in [2.05, 4.69) is 0 Å². The Labute approximate surface area is 138 Å². The van der Waals surface area contributed by atoms with Crippen molar-refractivity contribution < 1.29 is 9.47 Å². The zero-order valence-electron chi connectivity index (χ0n) is 11.3. The molecule has 2 aromatic carbocycles. The van der Waals surface area contributed by atoms with Crippen LogP contribution in [0.25, 0.3) is 0 Å². The van der Waals surface area contributed by atoms with Crippen LogP contribution < -0.4 is 9.47 Å². The van der Waals surface area contributed by atoms with Gasteiger partial charge in [-0.1, -0.05) is 35.3 Å². The molecule has 3 rings (SSSR count). The minimum absolute atomic E-state index is 0.443. The molecular formula is C16H13Cl3O2. The van der Waals surface area contributed by atoms with E-state index in [0.717, 1.165) is 16.7 Å². The fourth-order valence-electron chi connectivity index (χ4n) is 2.28. The van der Waals surface area contributed by atoms with E-state index in [1.165, 1.54) is 0 Å². The molecular weight excluding hydrogens is 331 g/mol. The summed E-state index contributed by atoms with van der Waals surface area (Å²) in [7, 11) is 0. The van der Waals surface area contributed by atoms with Crippen molar-refractivity contribution >= 4 is 34.8 Å². The van der Waals surface area contributed by atoms with Crippen molar-refractivity contribution in [3.63, 3.8) is 0 Å². The third kappa shape index (κ3) is 2.94. The maximum atomic E-state index is 6.57. The van der Waals surface area contributed by atoms with Gasteiger partial charge in [0.25, 0.3) is 0 Å². The van der Waals surface area contributed by atoms with Crippen molar-refractivity contribution in [3.8, 4) is 11.5 Å². The van der Waals surface area contributed by atoms with Crippen LogP contribution >= 0.6 is 34.8 Å². The molecule has 0 N–H and O–H groups in total. The van der Waals surface area contributed by atoms with Crippen LogP contribution in [0.4, 0.5) is 0 Å². The molecule has 1 heterocycles. The van der Waals surface area contributed by atoms with Gasteiger partial charge in [-0.05, 0) is 35.7 Å². The zero-order chi connectivity index (χ0) is 15.0. The van der Waals surface area contributed by atoms with Crippen LogP contribution in [0.2, 0.25) is 10.0 Å². The largest absolute Gasteiger partial charge is 0.486 e. The first-order valence-corrected chi connectivity index (χ1v) is 7.74. The summed E-state index contributed by atoms with van der Waals surface area (Å²) in [5.74, 6) is 1.31. The summed E-state index contributed by atoms with van der Waals surface area (Å²) in [6.07, 6.45) is 0. The maximum Gasteiger partial charge on any atom is 0.162 e. The minimum atomic E-state index is -0.443. The third-order valence-corrected chi connectivity index (χ3v) is 4.49. The monoisotopic (exact) mass is 342 g/mol. The Morgan fingerprint density at radius 3 is 2.19 bits per heavy atom. The van der Waals surface area contributed by atoms with Crippen molar-refractivity contribution in [1.29, 1.82) is 0 Å². The summed E-state index contributed by atoms with van der Waals surface area (Å²) in [6, 6.07) is 9.34. The SMILES string of the molecule is Cc1ccc(C(Cl)c2cc3c(cc2Cl)OCCO3)c(Cl)c1. The standard InChI is InChI=1S/C16H13Cl3O2/c1-9-2-3-10(12(17)6-9)16(19)11-7-14-15(8-13(11)18)21-5-4-20-14/h2-3,6-8,16H,4-5H2,1H3. The second-order valence-electron chi connectivity index (χ2n) is 4.90. The van der Waals surface area contributed by atoms with E-state index in [1.807, 2.05) is 31.2 Å². The molecule has 0 bridgehead atoms. The molecule has 1 aliphatic rings. The number of ether oxygens (including phenoxy) is 2. The van der Waals surface area contributed by atoms with E-state index in [9.17, 15) is 0 Å². The highest BCUT2D eigenvalue weighted by Crippen LogP contribution is 2.43. The van der Waals surface area contributed by atoms with E-state index >= 15 is 0 Å². The Kier molecular flexibility index (Phi) is 4.21. The lowest BCUT2D eigenvalue weighted by Gasteiger charge is -2.21. The smallest absolute Gasteiger partial charge is 0.162 e. The summed E-state index contributed by atoms with van der Waals surface area (Å²) in [6.45, 7) is 3.03. The lowest BCUT2D eigenvalue weighted by atomic mass is 10.0. The first-order chi connectivity index (χ1) is 10.1. The molecule has 0 aromatic heterocycles. The number of rotatable bonds is 2. The summed E-state index contributed by atoms with van der Waals surface area (Å²) in [4.78, 5) is 0. The van der Waals surface area contributed by atoms with Gasteiger partial charge in [0.1, 0.15) is 13.2 Å². The van der Waals surface area contributed by atoms with Crippen LogP contribution in [0.1, 0.15) is 22.1 Å². The number of alkyl halides is 1. The summed E-state index contributed by atoms with van der Waals surface area (Å²) in [5, 5.41) is 0.721. The molecule has 21 heavy (non-hydrogen) atoms. The van der Waals surface area contributed by atoms with Gasteiger partial charge in [0.15, 0.2) is 11.5 Å². The minimum Gasteiger partial charge on any atom is -0.486 e. The summed E-state index contributed by atoms with van der Waals surface area (Å²) >= 11 is 19.2. The number of aryl methyl sites for hydroxylation is 1. The highest BCUT2D eigenvalue weighted by Gasteiger charge is 2.22. The van der Waals surface area contributed by atoms with Crippen LogP contribution in [-0.4, -0.2) is 13.2 Å². The van der Waals surface area contributed by atoms with E-state index in [0.29, 0.717) is 34.8 Å². The highest BCUT2D eigenvalue weighted by molar-refractivity contribution is 6.35. The van der Waals surface area contributed by atoms with E-state index in [1.54, 1.807) is 6.07 Å². The first-order valence-electron chi connectivity index (χ1n) is 6.55. The molecule has 1 unspecified atom stereocenters. The van der Waals surface area contributed by atoms with Gasteiger partial charge in [-0.25, -0.2) is 0 Å². The van der Waals surface area contributed by atoms with Gasteiger partial charge in [0.2, 0.25) is 0 Å². The van der Waals surface area contributed by atoms with Gasteiger partial charge in [-0.2, -0.15) is 0 Å². The van der Waals surface area contributed by atoms with Crippen molar-refractivity contribution in [3.05, 3.63) is 57.1 Å². The first kappa shape index (κ1) is 14.8. The van der Waals surface area contributed by atoms with Crippen molar-refractivity contribution in [2.24, 2.45) is 0 Å². The Bertz CT molecular complexity index is 685. The number of hydrogen-bond donors (Lipinski definition) is 0. The number of benzene rings is 2. The normalized spacial score (nSPS) is 14.9. The van der Waals surface area contributed by atoms with Crippen molar-refractivity contribution in [2.45, 2.75) is 12.3 Å². The molecule has 110 valence electrons. The molecule has 0 spiro atoms. The molecule has 0 fully saturated rings. The molecule has 0 amide bonds. The lowest BCUT2D eigenvalue weighted by Crippen LogP contribution is -2.15. The molecule has 0 aliphatic carbocycles. The topological polar surface area (TPSA) is 18.5 Å². The Morgan fingerprint density at radius 1 is 0.905 bits per heavy atom. The van der Waals surface area contributed by atoms with Crippen molar-refractivity contribution in [1.82, 2.24) is 0 Å². The average Bonchev–Trinajstić information content (AvgIpc) is 2.46. The molecule has 0 saturated heterocycles. The number of halogens is 3. The van der Waals surface area contributed by atoms with Crippen LogP contribution in [0.15, 0.2) is 30.3 Å². The second kappa shape index (κ2) is 5.96. The van der Waals surface area contributed by atoms with E-state index in [4.69, 9.17) is 44.3 Å². The predicted octanol–water partition coefficient (Wildman–Crippen LogP) is 5.40. The Hall–Kier alpha value is -1.09. The maximum absolute atomic E-state index is 6.57. The molecule has 0 saturated carbocycles. The van der Waals surface area contributed by atoms with Gasteiger partial charge < -0.3 is 9.47 Å². The highest BCUT2D eigenvalue weighted by atomic mass is 35.5. The van der Waals surface area contributed by atoms with Crippen molar-refractivity contribution in [2.75, 3.05) is 13.2 Å². The summed E-state index contributed by atoms with van der Waals surface area (Å²) in [5.41, 5.74) is 2.66. The number of hydrogen-bond acceptors (Lipinski definition) is 2. The van der Waals surface area contributed by atoms with E-state index < -0.39 is 5.38 Å². The molecule has 0 radical (unpaired) electrons. The Balaban J connectivity index is 2.03. The van der Waals surface area contributed by atoms with Crippen LogP contribution in [0.3, 0.4) is 0 Å². The fourth-order valence-corrected chi connectivity index (χ4v) is 3.37. The molecule has 1 atom stereocenters. The van der Waals surface area contributed by atoms with Gasteiger partial charge in [0.05, 0.1) is 5.38 Å². The van der Waals surface area contributed by atoms with Gasteiger partial charge >= 0.3 is 0 Å². The van der Waals surface area contributed by atoms with Gasteiger partial charge in [0, 0.05) is 16.1 Å². The third-order valence-electron chi connectivity index (χ3n) is 3.36. The van der Waals surface area contributed by atoms with Crippen LogP contribution in [0.5, 0.6) is 11.5 Å². The predicted molar refractivity (Wildman–Crippen MR) is 86.3 cm³/mol. The fraction of sp³-hybridized carbons (Fsp3) is 0.250. The zero-order valence-corrected chi connectivity index (χ0v) is 13.6. The van der Waals surface area contributed by atoms with E-state index in [-0.39, 0.29) is 0 Å². The Morgan fingerprint density at radius 2 is 1.52 bits per heavy atom. The molecule has 1 aliphatic heterocycles. The number of fused-ring (bicyclic) bond motifs is 1. The quantitative estimate of drug-likeness (QED) is 0.680. The summed E-state index contributed by atoms with van der Waals surface area (Å²) < 4.78 is 11.1. The molecule has 5 heteroatoms. The second-order valence-corrected chi connectivity index (χ2v) is 6.16. The lowest BCUT2D eigenvalue weighted by molar-refractivity contribution is 0.171. The van der Waals surface area contributed by atoms with Gasteiger partial charge in [-0.3, -0.25) is 0 Å². The molecule has 2 nitrogen and oxygen atoms in total. The van der Waals surface area contributed by atoms with Crippen LogP contribution in [0, 0.1) is 6.92 Å². The average molecular weight is 344 g/mol. The van der Waals surface area contributed by atoms with Gasteiger partial charge in [-0.15, -0.1) is 11.6 Å².